The van der Waals surface area contributed by atoms with Crippen LogP contribution in [-0.4, -0.2) is 27.2 Å². The molecule has 9 nitrogen and oxygen atoms in total. The van der Waals surface area contributed by atoms with E-state index in [1.165, 1.54) is 55.5 Å². The highest BCUT2D eigenvalue weighted by atomic mass is 16.2. The number of hydrogen-bond acceptors (Lipinski definition) is 7. The Labute approximate surface area is 196 Å². The molecule has 0 aliphatic rings. The lowest BCUT2D eigenvalue weighted by molar-refractivity contribution is 0.0997. The molecular formula is C26H17N3O6. The van der Waals surface area contributed by atoms with Gasteiger partial charge in [-0.1, -0.05) is 24.3 Å². The lowest BCUT2D eigenvalue weighted by atomic mass is 10.1. The topological polar surface area (TPSA) is 138 Å². The smallest absolute Gasteiger partial charge is 0.266 e. The maximum absolute atomic E-state index is 13.2. The van der Waals surface area contributed by atoms with Gasteiger partial charge in [-0.2, -0.15) is 0 Å². The molecule has 0 bridgehead atoms. The first-order valence-electron chi connectivity index (χ1n) is 10.6. The number of benzene rings is 3. The van der Waals surface area contributed by atoms with Crippen molar-refractivity contribution in [3.8, 4) is 11.4 Å². The van der Waals surface area contributed by atoms with Crippen molar-refractivity contribution >= 4 is 33.1 Å². The number of nitrogens with two attached hydrogens (primary N) is 1. The first-order chi connectivity index (χ1) is 16.7. The Kier molecular flexibility index (Phi) is 4.99. The second kappa shape index (κ2) is 7.93. The molecule has 0 radical (unpaired) electrons. The summed E-state index contributed by atoms with van der Waals surface area (Å²) < 4.78 is 1.82. The van der Waals surface area contributed by atoms with Gasteiger partial charge in [0, 0.05) is 11.1 Å². The van der Waals surface area contributed by atoms with E-state index in [1.807, 2.05) is 0 Å². The molecule has 172 valence electrons. The Morgan fingerprint density at radius 1 is 0.657 bits per heavy atom. The third-order valence-electron chi connectivity index (χ3n) is 6.01. The number of rotatable bonds is 5. The zero-order valence-electron chi connectivity index (χ0n) is 18.4. The van der Waals surface area contributed by atoms with Crippen LogP contribution in [0.2, 0.25) is 0 Å². The van der Waals surface area contributed by atoms with Crippen LogP contribution in [0.4, 0.5) is 0 Å². The Hall–Kier alpha value is -4.76. The first-order valence-corrected chi connectivity index (χ1v) is 10.6. The molecule has 2 aromatic heterocycles. The van der Waals surface area contributed by atoms with Crippen molar-refractivity contribution in [3.05, 3.63) is 113 Å². The third kappa shape index (κ3) is 3.29. The number of fused-ring (bicyclic) bond motifs is 2. The van der Waals surface area contributed by atoms with Gasteiger partial charge < -0.3 is 5.73 Å². The summed E-state index contributed by atoms with van der Waals surface area (Å²) in [5, 5.41) is -0.0799. The molecule has 0 saturated heterocycles. The molecule has 9 heteroatoms. The molecule has 35 heavy (non-hydrogen) atoms. The van der Waals surface area contributed by atoms with E-state index in [4.69, 9.17) is 5.73 Å². The highest BCUT2D eigenvalue weighted by Gasteiger charge is 2.21. The van der Waals surface area contributed by atoms with E-state index in [0.29, 0.717) is 5.56 Å². The number of carbonyl (C=O) groups excluding carboxylic acids is 2. The SMILES string of the molecule is CC(=O)c1cccc(-n2c(=O)c3cc4c(=O)n(-c5cccc(C(=O)CN)c5)c(=O)c4cc3c2=O)c1. The van der Waals surface area contributed by atoms with Crippen molar-refractivity contribution in [3.63, 3.8) is 0 Å². The molecule has 2 heterocycles. The lowest BCUT2D eigenvalue weighted by Crippen LogP contribution is -2.24. The number of hydrogen-bond donors (Lipinski definition) is 1. The number of Topliss-reactive ketones (excluding diaryl/α,β-unsaturated/α-hetero) is 2. The summed E-state index contributed by atoms with van der Waals surface area (Å²) in [6.45, 7) is 1.14. The van der Waals surface area contributed by atoms with Gasteiger partial charge in [-0.05, 0) is 43.3 Å². The van der Waals surface area contributed by atoms with Gasteiger partial charge in [0.2, 0.25) is 0 Å². The maximum atomic E-state index is 13.2. The summed E-state index contributed by atoms with van der Waals surface area (Å²) in [5.41, 5.74) is 3.69. The van der Waals surface area contributed by atoms with E-state index in [0.717, 1.165) is 9.13 Å². The van der Waals surface area contributed by atoms with Gasteiger partial charge >= 0.3 is 0 Å². The van der Waals surface area contributed by atoms with Crippen LogP contribution >= 0.6 is 0 Å². The molecule has 0 atom stereocenters. The van der Waals surface area contributed by atoms with Crippen molar-refractivity contribution in [1.29, 1.82) is 0 Å². The molecule has 5 aromatic rings. The van der Waals surface area contributed by atoms with Gasteiger partial charge in [0.25, 0.3) is 22.2 Å². The monoisotopic (exact) mass is 467 g/mol. The molecule has 5 rings (SSSR count). The normalized spacial score (nSPS) is 11.4. The van der Waals surface area contributed by atoms with Gasteiger partial charge in [-0.25, -0.2) is 9.13 Å². The number of aromatic nitrogens is 2. The van der Waals surface area contributed by atoms with E-state index in [-0.39, 0.29) is 56.6 Å². The first kappa shape index (κ1) is 22.1. The van der Waals surface area contributed by atoms with Crippen LogP contribution in [0.1, 0.15) is 27.6 Å². The van der Waals surface area contributed by atoms with E-state index in [1.54, 1.807) is 12.1 Å². The predicted octanol–water partition coefficient (Wildman–Crippen LogP) is 1.23. The fourth-order valence-corrected chi connectivity index (χ4v) is 4.24. The van der Waals surface area contributed by atoms with Crippen molar-refractivity contribution < 1.29 is 9.59 Å². The average molecular weight is 467 g/mol. The van der Waals surface area contributed by atoms with Crippen LogP contribution in [0.5, 0.6) is 0 Å². The molecule has 0 amide bonds. The Morgan fingerprint density at radius 2 is 1.06 bits per heavy atom. The van der Waals surface area contributed by atoms with Crippen LogP contribution in [0.15, 0.2) is 79.8 Å². The zero-order valence-corrected chi connectivity index (χ0v) is 18.4. The minimum Gasteiger partial charge on any atom is -0.324 e. The Balaban J connectivity index is 1.77. The van der Waals surface area contributed by atoms with Crippen LogP contribution in [-0.2, 0) is 0 Å². The van der Waals surface area contributed by atoms with Gasteiger partial charge in [-0.15, -0.1) is 0 Å². The molecule has 0 aliphatic heterocycles. The van der Waals surface area contributed by atoms with Crippen LogP contribution in [0, 0.1) is 0 Å². The quantitative estimate of drug-likeness (QED) is 0.384. The fourth-order valence-electron chi connectivity index (χ4n) is 4.24. The second-order valence-electron chi connectivity index (χ2n) is 8.12. The van der Waals surface area contributed by atoms with E-state index in [2.05, 4.69) is 0 Å². The summed E-state index contributed by atoms with van der Waals surface area (Å²) in [4.78, 5) is 76.3. The predicted molar refractivity (Wildman–Crippen MR) is 131 cm³/mol. The van der Waals surface area contributed by atoms with Gasteiger partial charge in [0.1, 0.15) is 0 Å². The summed E-state index contributed by atoms with van der Waals surface area (Å²) in [6, 6.07) is 14.5. The van der Waals surface area contributed by atoms with Crippen molar-refractivity contribution in [1.82, 2.24) is 9.13 Å². The van der Waals surface area contributed by atoms with E-state index < -0.39 is 22.2 Å². The zero-order chi connectivity index (χ0) is 25.0. The largest absolute Gasteiger partial charge is 0.324 e. The highest BCUT2D eigenvalue weighted by molar-refractivity contribution is 5.99. The Morgan fingerprint density at radius 3 is 1.46 bits per heavy atom. The number of ketones is 2. The minimum atomic E-state index is -0.678. The third-order valence-corrected chi connectivity index (χ3v) is 6.01. The maximum Gasteiger partial charge on any atom is 0.266 e. The second-order valence-corrected chi connectivity index (χ2v) is 8.12. The van der Waals surface area contributed by atoms with Crippen molar-refractivity contribution in [2.45, 2.75) is 6.92 Å². The van der Waals surface area contributed by atoms with Crippen molar-refractivity contribution in [2.75, 3.05) is 6.54 Å². The molecule has 2 N–H and O–H groups in total. The van der Waals surface area contributed by atoms with E-state index in [9.17, 15) is 28.8 Å². The molecule has 0 aliphatic carbocycles. The lowest BCUT2D eigenvalue weighted by Gasteiger charge is -2.03. The van der Waals surface area contributed by atoms with Crippen molar-refractivity contribution in [2.24, 2.45) is 5.73 Å². The summed E-state index contributed by atoms with van der Waals surface area (Å²) in [7, 11) is 0. The summed E-state index contributed by atoms with van der Waals surface area (Å²) >= 11 is 0. The van der Waals surface area contributed by atoms with E-state index >= 15 is 0 Å². The van der Waals surface area contributed by atoms with Gasteiger partial charge in [0.05, 0.1) is 39.5 Å². The Bertz CT molecular complexity index is 1840. The molecule has 0 unspecified atom stereocenters. The fraction of sp³-hybridized carbons (Fsp3) is 0.0769. The molecule has 0 fully saturated rings. The number of carbonyl (C=O) groups is 2. The summed E-state index contributed by atoms with van der Waals surface area (Å²) in [6.07, 6.45) is 0. The molecule has 3 aromatic carbocycles. The summed E-state index contributed by atoms with van der Waals surface area (Å²) in [5.74, 6) is -0.580. The standard InChI is InChI=1S/C26H17N3O6/c1-13(30)14-4-2-6-16(8-14)28-23(32)18-10-20-21(11-19(18)24(28)33)26(35)29(25(20)34)17-7-3-5-15(9-17)22(31)12-27/h2-11H,12,27H2,1H3. The van der Waals surface area contributed by atoms with Gasteiger partial charge in [0.15, 0.2) is 11.6 Å². The number of nitrogens with zero attached hydrogens (tertiary/aromatic N) is 2. The van der Waals surface area contributed by atoms with Gasteiger partial charge in [-0.3, -0.25) is 28.8 Å². The minimum absolute atomic E-state index is 0.0166. The van der Waals surface area contributed by atoms with Crippen LogP contribution < -0.4 is 28.0 Å². The molecule has 0 saturated carbocycles. The average Bonchev–Trinajstić information content (AvgIpc) is 3.26. The molecule has 0 spiro atoms. The van der Waals surface area contributed by atoms with Crippen LogP contribution in [0.25, 0.3) is 32.9 Å². The van der Waals surface area contributed by atoms with Crippen LogP contribution in [0.3, 0.4) is 0 Å². The highest BCUT2D eigenvalue weighted by Crippen LogP contribution is 2.18. The molecular weight excluding hydrogens is 450 g/mol.